The molecule has 0 aliphatic carbocycles. The molecule has 1 aliphatic heterocycles. The number of imidazole rings is 1. The maximum Gasteiger partial charge on any atom is 0.329 e. The van der Waals surface area contributed by atoms with E-state index in [1.54, 1.807) is 27.7 Å². The number of carboxylic acid groups (broad SMARTS) is 1. The maximum atomic E-state index is 14.6. The van der Waals surface area contributed by atoms with Crippen LogP contribution in [0.2, 0.25) is 0 Å². The summed E-state index contributed by atoms with van der Waals surface area (Å²) in [4.78, 5) is 48.2. The van der Waals surface area contributed by atoms with E-state index in [9.17, 15) is 23.9 Å². The van der Waals surface area contributed by atoms with Gasteiger partial charge in [0, 0.05) is 38.8 Å². The van der Waals surface area contributed by atoms with Gasteiger partial charge in [0.1, 0.15) is 11.9 Å². The second kappa shape index (κ2) is 10.4. The van der Waals surface area contributed by atoms with Crippen LogP contribution in [0.25, 0.3) is 11.2 Å². The number of hydrogen-bond donors (Lipinski definition) is 2. The van der Waals surface area contributed by atoms with E-state index < -0.39 is 29.1 Å². The van der Waals surface area contributed by atoms with Crippen molar-refractivity contribution < 1.29 is 14.3 Å². The molecule has 40 heavy (non-hydrogen) atoms. The average molecular weight is 549 g/mol. The first-order chi connectivity index (χ1) is 18.9. The third kappa shape index (κ3) is 5.16. The summed E-state index contributed by atoms with van der Waals surface area (Å²) in [5.74, 6) is -1.11. The molecule has 210 valence electrons. The van der Waals surface area contributed by atoms with E-state index in [1.807, 2.05) is 17.0 Å². The minimum Gasteiger partial charge on any atom is -0.480 e. The first kappa shape index (κ1) is 27.3. The molecule has 0 saturated carbocycles. The van der Waals surface area contributed by atoms with Crippen molar-refractivity contribution in [3.05, 3.63) is 91.9 Å². The van der Waals surface area contributed by atoms with Gasteiger partial charge < -0.3 is 10.0 Å². The van der Waals surface area contributed by atoms with E-state index in [-0.39, 0.29) is 29.7 Å². The molecular formula is C29H33FN6O4. The highest BCUT2D eigenvalue weighted by Crippen LogP contribution is 2.26. The summed E-state index contributed by atoms with van der Waals surface area (Å²) in [6, 6.07) is 13.6. The van der Waals surface area contributed by atoms with Crippen LogP contribution in [0.3, 0.4) is 0 Å². The number of hydrogen-bond acceptors (Lipinski definition) is 6. The summed E-state index contributed by atoms with van der Waals surface area (Å²) in [7, 11) is 1.49. The number of carbonyl (C=O) groups is 1. The molecule has 5 rings (SSSR count). The van der Waals surface area contributed by atoms with Crippen molar-refractivity contribution in [3.63, 3.8) is 0 Å². The van der Waals surface area contributed by atoms with Crippen LogP contribution in [-0.4, -0.2) is 60.8 Å². The van der Waals surface area contributed by atoms with Crippen LogP contribution >= 0.6 is 0 Å². The fourth-order valence-corrected chi connectivity index (χ4v) is 5.18. The van der Waals surface area contributed by atoms with E-state index in [4.69, 9.17) is 0 Å². The van der Waals surface area contributed by atoms with Gasteiger partial charge in [-0.25, -0.2) is 9.18 Å². The third-order valence-corrected chi connectivity index (χ3v) is 7.54. The predicted molar refractivity (Wildman–Crippen MR) is 150 cm³/mol. The summed E-state index contributed by atoms with van der Waals surface area (Å²) in [5.41, 5.74) is 1.58. The van der Waals surface area contributed by atoms with Crippen molar-refractivity contribution in [1.29, 1.82) is 0 Å². The maximum absolute atomic E-state index is 14.6. The Morgan fingerprint density at radius 3 is 2.42 bits per heavy atom. The Morgan fingerprint density at radius 1 is 1.07 bits per heavy atom. The minimum absolute atomic E-state index is 0.0160. The van der Waals surface area contributed by atoms with Gasteiger partial charge in [-0.15, -0.1) is 0 Å². The van der Waals surface area contributed by atoms with Crippen LogP contribution < -0.4 is 16.1 Å². The molecular weight excluding hydrogens is 515 g/mol. The van der Waals surface area contributed by atoms with Gasteiger partial charge in [-0.05, 0) is 22.6 Å². The quantitative estimate of drug-likeness (QED) is 0.381. The average Bonchev–Trinajstić information content (AvgIpc) is 3.28. The van der Waals surface area contributed by atoms with Crippen molar-refractivity contribution in [2.45, 2.75) is 45.3 Å². The summed E-state index contributed by atoms with van der Waals surface area (Å²) in [5, 5.41) is 10.2. The number of aliphatic carboxylic acids is 1. The molecule has 0 radical (unpaired) electrons. The summed E-state index contributed by atoms with van der Waals surface area (Å²) < 4.78 is 17.4. The number of aryl methyl sites for hydroxylation is 1. The number of halogens is 1. The number of H-pyrrole nitrogens is 1. The highest BCUT2D eigenvalue weighted by Gasteiger charge is 2.35. The topological polar surface area (TPSA) is 116 Å². The fourth-order valence-electron chi connectivity index (χ4n) is 5.18. The van der Waals surface area contributed by atoms with E-state index in [0.717, 1.165) is 5.56 Å². The number of rotatable bonds is 6. The smallest absolute Gasteiger partial charge is 0.329 e. The number of aromatic amines is 1. The Bertz CT molecular complexity index is 1680. The van der Waals surface area contributed by atoms with Gasteiger partial charge in [-0.1, -0.05) is 63.2 Å². The number of fused-ring (bicyclic) bond motifs is 1. The number of nitrogens with one attached hydrogen (secondary N) is 1. The molecule has 2 aromatic carbocycles. The van der Waals surface area contributed by atoms with Gasteiger partial charge >= 0.3 is 11.7 Å². The Kier molecular flexibility index (Phi) is 7.09. The van der Waals surface area contributed by atoms with Crippen molar-refractivity contribution in [2.24, 2.45) is 7.05 Å². The second-order valence-corrected chi connectivity index (χ2v) is 11.3. The normalized spacial score (nSPS) is 16.5. The van der Waals surface area contributed by atoms with E-state index in [0.29, 0.717) is 31.1 Å². The van der Waals surface area contributed by atoms with Crippen LogP contribution in [0.5, 0.6) is 0 Å². The monoisotopic (exact) mass is 548 g/mol. The molecule has 1 atom stereocenters. The van der Waals surface area contributed by atoms with E-state index in [1.165, 1.54) is 23.2 Å². The zero-order chi connectivity index (χ0) is 28.8. The number of piperazine rings is 1. The van der Waals surface area contributed by atoms with Gasteiger partial charge in [0.15, 0.2) is 11.2 Å². The molecule has 1 unspecified atom stereocenters. The summed E-state index contributed by atoms with van der Waals surface area (Å²) >= 11 is 0. The zero-order valence-corrected chi connectivity index (χ0v) is 23.0. The van der Waals surface area contributed by atoms with Gasteiger partial charge in [0.05, 0.1) is 6.54 Å². The molecule has 0 bridgehead atoms. The number of carboxylic acids is 1. The van der Waals surface area contributed by atoms with E-state index in [2.05, 4.69) is 42.9 Å². The molecule has 1 aliphatic rings. The highest BCUT2D eigenvalue weighted by molar-refractivity contribution is 5.77. The first-order valence-electron chi connectivity index (χ1n) is 13.2. The molecule has 10 nitrogen and oxygen atoms in total. The fraction of sp³-hybridized carbons (Fsp3) is 0.379. The molecule has 0 spiro atoms. The molecule has 1 fully saturated rings. The van der Waals surface area contributed by atoms with Crippen molar-refractivity contribution in [2.75, 3.05) is 24.5 Å². The van der Waals surface area contributed by atoms with E-state index >= 15 is 0 Å². The molecule has 0 amide bonds. The number of benzene rings is 2. The molecule has 2 N–H and O–H groups in total. The number of aromatic nitrogens is 4. The lowest BCUT2D eigenvalue weighted by Gasteiger charge is -2.40. The molecule has 4 aromatic rings. The SMILES string of the molecule is Cn1c(=O)[nH]c(=O)c2c1nc(N1CCN(Cc3ccc(C(C)(C)C)cc3)C(C(=O)O)C1)n2Cc1ccccc1F. The lowest BCUT2D eigenvalue weighted by Crippen LogP contribution is -2.56. The largest absolute Gasteiger partial charge is 0.480 e. The first-order valence-corrected chi connectivity index (χ1v) is 13.2. The second-order valence-electron chi connectivity index (χ2n) is 11.3. The van der Waals surface area contributed by atoms with Crippen LogP contribution in [0.4, 0.5) is 10.3 Å². The Hall–Kier alpha value is -4.25. The molecule has 11 heteroatoms. The van der Waals surface area contributed by atoms with Crippen molar-refractivity contribution >= 4 is 23.1 Å². The van der Waals surface area contributed by atoms with Crippen molar-refractivity contribution in [3.8, 4) is 0 Å². The van der Waals surface area contributed by atoms with Gasteiger partial charge in [-0.3, -0.25) is 28.6 Å². The van der Waals surface area contributed by atoms with Crippen LogP contribution in [-0.2, 0) is 30.3 Å². The lowest BCUT2D eigenvalue weighted by molar-refractivity contribution is -0.143. The minimum atomic E-state index is -0.974. The van der Waals surface area contributed by atoms with Gasteiger partial charge in [0.2, 0.25) is 5.95 Å². The Balaban J connectivity index is 1.49. The number of anilines is 1. The van der Waals surface area contributed by atoms with Gasteiger partial charge in [0.25, 0.3) is 5.56 Å². The summed E-state index contributed by atoms with van der Waals surface area (Å²) in [6.07, 6.45) is 0. The Labute approximate surface area is 230 Å². The zero-order valence-electron chi connectivity index (χ0n) is 23.0. The molecule has 3 heterocycles. The Morgan fingerprint density at radius 2 is 1.77 bits per heavy atom. The predicted octanol–water partition coefficient (Wildman–Crippen LogP) is 2.68. The summed E-state index contributed by atoms with van der Waals surface area (Å²) in [6.45, 7) is 7.84. The van der Waals surface area contributed by atoms with Crippen molar-refractivity contribution in [1.82, 2.24) is 24.0 Å². The van der Waals surface area contributed by atoms with Gasteiger partial charge in [-0.2, -0.15) is 4.98 Å². The van der Waals surface area contributed by atoms with Crippen LogP contribution in [0.15, 0.2) is 58.1 Å². The molecule has 1 saturated heterocycles. The number of nitrogens with zero attached hydrogens (tertiary/aromatic N) is 5. The lowest BCUT2D eigenvalue weighted by atomic mass is 9.86. The third-order valence-electron chi connectivity index (χ3n) is 7.54. The molecule has 2 aromatic heterocycles. The standard InChI is InChI=1S/C29H33FN6O4/c1-29(2,3)20-11-9-18(10-12-20)15-34-13-14-35(17-22(34)26(38)39)27-31-24-23(25(37)32-28(40)33(24)4)36(27)16-19-7-5-6-8-21(19)30/h5-12,22H,13-17H2,1-4H3,(H,38,39)(H,32,37,40). The highest BCUT2D eigenvalue weighted by atomic mass is 19.1. The van der Waals surface area contributed by atoms with Crippen LogP contribution in [0.1, 0.15) is 37.5 Å². The van der Waals surface area contributed by atoms with Crippen LogP contribution in [0, 0.1) is 5.82 Å².